The molecule has 0 amide bonds. The van der Waals surface area contributed by atoms with E-state index in [1.807, 2.05) is 0 Å². The van der Waals surface area contributed by atoms with Crippen LogP contribution in [0.1, 0.15) is 54.4 Å². The minimum atomic E-state index is 0.488. The lowest BCUT2D eigenvalue weighted by Crippen LogP contribution is -1.99. The SMILES string of the molecule is CC=CC(CC)C(C)=C=CCC(=CCN)C(=CC)C(C)=CC. The van der Waals surface area contributed by atoms with E-state index in [9.17, 15) is 0 Å². The number of allylic oxidation sites excluding steroid dienone is 8. The van der Waals surface area contributed by atoms with Crippen LogP contribution in [0.3, 0.4) is 0 Å². The molecular formula is C21H33N. The maximum absolute atomic E-state index is 5.73. The lowest BCUT2D eigenvalue weighted by molar-refractivity contribution is 0.727. The molecule has 0 saturated carbocycles. The van der Waals surface area contributed by atoms with Crippen LogP contribution in [0.5, 0.6) is 0 Å². The van der Waals surface area contributed by atoms with E-state index in [-0.39, 0.29) is 0 Å². The number of hydrogen-bond acceptors (Lipinski definition) is 1. The van der Waals surface area contributed by atoms with Gasteiger partial charge in [0, 0.05) is 12.5 Å². The van der Waals surface area contributed by atoms with Gasteiger partial charge in [0.05, 0.1) is 0 Å². The zero-order chi connectivity index (χ0) is 17.0. The molecule has 1 nitrogen and oxygen atoms in total. The van der Waals surface area contributed by atoms with Gasteiger partial charge in [0.25, 0.3) is 0 Å². The highest BCUT2D eigenvalue weighted by Crippen LogP contribution is 2.22. The Morgan fingerprint density at radius 2 is 1.82 bits per heavy atom. The summed E-state index contributed by atoms with van der Waals surface area (Å²) in [4.78, 5) is 0. The number of rotatable bonds is 8. The standard InChI is InChI=1S/C21H33N/c1-7-12-19(9-3)18(6)13-11-14-20(15-16-22)21(10-4)17(5)8-2/h7-8,10-12,15,19H,9,14,16,22H2,1-6H3. The number of hydrogen-bond donors (Lipinski definition) is 1. The summed E-state index contributed by atoms with van der Waals surface area (Å²) in [6, 6.07) is 0. The summed E-state index contributed by atoms with van der Waals surface area (Å²) in [5.74, 6) is 0.488. The molecule has 0 bridgehead atoms. The Labute approximate surface area is 137 Å². The smallest absolute Gasteiger partial charge is 0.0112 e. The van der Waals surface area contributed by atoms with Gasteiger partial charge < -0.3 is 5.73 Å². The molecule has 2 N–H and O–H groups in total. The molecule has 0 aliphatic carbocycles. The van der Waals surface area contributed by atoms with E-state index >= 15 is 0 Å². The van der Waals surface area contributed by atoms with Gasteiger partial charge in [-0.05, 0) is 75.8 Å². The normalized spacial score (nSPS) is 15.0. The van der Waals surface area contributed by atoms with Gasteiger partial charge in [-0.25, -0.2) is 0 Å². The quantitative estimate of drug-likeness (QED) is 0.338. The molecule has 22 heavy (non-hydrogen) atoms. The molecule has 0 aliphatic heterocycles. The molecular weight excluding hydrogens is 266 g/mol. The first kappa shape index (κ1) is 20.4. The minimum Gasteiger partial charge on any atom is -0.327 e. The van der Waals surface area contributed by atoms with E-state index < -0.39 is 0 Å². The molecule has 0 heterocycles. The first-order chi connectivity index (χ1) is 10.5. The molecule has 0 fully saturated rings. The van der Waals surface area contributed by atoms with Gasteiger partial charge in [0.1, 0.15) is 0 Å². The van der Waals surface area contributed by atoms with E-state index in [1.165, 1.54) is 22.3 Å². The Kier molecular flexibility index (Phi) is 11.2. The summed E-state index contributed by atoms with van der Waals surface area (Å²) < 4.78 is 0. The van der Waals surface area contributed by atoms with Gasteiger partial charge in [0.15, 0.2) is 0 Å². The van der Waals surface area contributed by atoms with Gasteiger partial charge >= 0.3 is 0 Å². The maximum atomic E-state index is 5.73. The van der Waals surface area contributed by atoms with Crippen molar-refractivity contribution in [1.82, 2.24) is 0 Å². The molecule has 0 rings (SSSR count). The van der Waals surface area contributed by atoms with E-state index in [0.29, 0.717) is 12.5 Å². The summed E-state index contributed by atoms with van der Waals surface area (Å²) >= 11 is 0. The summed E-state index contributed by atoms with van der Waals surface area (Å²) in [6.07, 6.45) is 14.9. The van der Waals surface area contributed by atoms with Crippen molar-refractivity contribution in [2.24, 2.45) is 11.7 Å². The highest BCUT2D eigenvalue weighted by atomic mass is 14.5. The van der Waals surface area contributed by atoms with Crippen molar-refractivity contribution in [3.8, 4) is 0 Å². The van der Waals surface area contributed by atoms with Crippen molar-refractivity contribution < 1.29 is 0 Å². The van der Waals surface area contributed by atoms with Crippen LogP contribution in [-0.4, -0.2) is 6.54 Å². The monoisotopic (exact) mass is 299 g/mol. The van der Waals surface area contributed by atoms with E-state index in [0.717, 1.165) is 12.8 Å². The fourth-order valence-corrected chi connectivity index (χ4v) is 2.52. The molecule has 122 valence electrons. The summed E-state index contributed by atoms with van der Waals surface area (Å²) in [5, 5.41) is 0. The molecule has 0 aromatic rings. The van der Waals surface area contributed by atoms with Crippen LogP contribution in [0.15, 0.2) is 64.5 Å². The van der Waals surface area contributed by atoms with Crippen LogP contribution in [0.25, 0.3) is 0 Å². The molecule has 0 spiro atoms. The summed E-state index contributed by atoms with van der Waals surface area (Å²) in [5.41, 5.74) is 14.3. The van der Waals surface area contributed by atoms with Gasteiger partial charge in [-0.2, -0.15) is 0 Å². The second-order valence-electron chi connectivity index (χ2n) is 5.42. The Hall–Kier alpha value is -1.56. The van der Waals surface area contributed by atoms with Crippen molar-refractivity contribution in [3.63, 3.8) is 0 Å². The first-order valence-electron chi connectivity index (χ1n) is 8.29. The molecule has 0 saturated heterocycles. The van der Waals surface area contributed by atoms with Crippen LogP contribution < -0.4 is 5.73 Å². The average Bonchev–Trinajstić information content (AvgIpc) is 2.52. The fourth-order valence-electron chi connectivity index (χ4n) is 2.52. The highest BCUT2D eigenvalue weighted by molar-refractivity contribution is 5.46. The van der Waals surface area contributed by atoms with Crippen LogP contribution >= 0.6 is 0 Å². The summed E-state index contributed by atoms with van der Waals surface area (Å²) in [6.45, 7) is 13.3. The van der Waals surface area contributed by atoms with Gasteiger partial charge in [-0.1, -0.05) is 37.3 Å². The number of nitrogens with two attached hydrogens (primary N) is 1. The average molecular weight is 300 g/mol. The van der Waals surface area contributed by atoms with E-state index in [1.54, 1.807) is 0 Å². The van der Waals surface area contributed by atoms with E-state index in [4.69, 9.17) is 5.73 Å². The fraction of sp³-hybridized carbons (Fsp3) is 0.476. The third-order valence-corrected chi connectivity index (χ3v) is 3.93. The lowest BCUT2D eigenvalue weighted by atomic mass is 9.94. The van der Waals surface area contributed by atoms with Crippen LogP contribution in [-0.2, 0) is 0 Å². The zero-order valence-electron chi connectivity index (χ0n) is 15.2. The third kappa shape index (κ3) is 6.93. The largest absolute Gasteiger partial charge is 0.327 e. The van der Waals surface area contributed by atoms with E-state index in [2.05, 4.69) is 83.7 Å². The molecule has 1 unspecified atom stereocenters. The zero-order valence-corrected chi connectivity index (χ0v) is 15.2. The molecule has 1 atom stereocenters. The predicted molar refractivity (Wildman–Crippen MR) is 101 cm³/mol. The molecule has 0 radical (unpaired) electrons. The van der Waals surface area contributed by atoms with Crippen molar-refractivity contribution in [1.29, 1.82) is 0 Å². The van der Waals surface area contributed by atoms with Crippen LogP contribution in [0.4, 0.5) is 0 Å². The van der Waals surface area contributed by atoms with Crippen molar-refractivity contribution >= 4 is 0 Å². The first-order valence-corrected chi connectivity index (χ1v) is 8.29. The lowest BCUT2D eigenvalue weighted by Gasteiger charge is -2.11. The maximum Gasteiger partial charge on any atom is 0.0112 e. The second kappa shape index (κ2) is 12.0. The highest BCUT2D eigenvalue weighted by Gasteiger charge is 2.05. The van der Waals surface area contributed by atoms with Crippen molar-refractivity contribution in [3.05, 3.63) is 64.5 Å². The minimum absolute atomic E-state index is 0.488. The van der Waals surface area contributed by atoms with Crippen LogP contribution in [0, 0.1) is 5.92 Å². The Morgan fingerprint density at radius 3 is 2.27 bits per heavy atom. The van der Waals surface area contributed by atoms with Crippen LogP contribution in [0.2, 0.25) is 0 Å². The molecule has 0 aromatic carbocycles. The van der Waals surface area contributed by atoms with Gasteiger partial charge in [0.2, 0.25) is 0 Å². The molecule has 0 aromatic heterocycles. The Bertz CT molecular complexity index is 506. The van der Waals surface area contributed by atoms with Crippen molar-refractivity contribution in [2.45, 2.75) is 54.4 Å². The summed E-state index contributed by atoms with van der Waals surface area (Å²) in [7, 11) is 0. The second-order valence-corrected chi connectivity index (χ2v) is 5.42. The van der Waals surface area contributed by atoms with Crippen molar-refractivity contribution in [2.75, 3.05) is 6.54 Å². The predicted octanol–water partition coefficient (Wildman–Crippen LogP) is 5.88. The third-order valence-electron chi connectivity index (χ3n) is 3.93. The van der Waals surface area contributed by atoms with Gasteiger partial charge in [-0.15, -0.1) is 5.73 Å². The Morgan fingerprint density at radius 1 is 1.14 bits per heavy atom. The molecule has 1 heteroatoms. The van der Waals surface area contributed by atoms with Gasteiger partial charge in [-0.3, -0.25) is 0 Å². The Balaban J connectivity index is 5.31. The molecule has 0 aliphatic rings. The topological polar surface area (TPSA) is 26.0 Å².